The van der Waals surface area contributed by atoms with Crippen LogP contribution in [0.4, 0.5) is 4.79 Å². The number of hydrogen-bond donors (Lipinski definition) is 1. The van der Waals surface area contributed by atoms with Crippen molar-refractivity contribution >= 4 is 27.7 Å². The Bertz CT molecular complexity index is 662. The van der Waals surface area contributed by atoms with Crippen LogP contribution in [0.1, 0.15) is 57.9 Å². The number of hydrogen-bond acceptors (Lipinski definition) is 3. The molecule has 25 heavy (non-hydrogen) atoms. The summed E-state index contributed by atoms with van der Waals surface area (Å²) < 4.78 is 26.4. The van der Waals surface area contributed by atoms with Crippen molar-refractivity contribution in [2.75, 3.05) is 13.6 Å². The summed E-state index contributed by atoms with van der Waals surface area (Å²) in [5.74, 6) is 0. The van der Waals surface area contributed by atoms with Gasteiger partial charge in [-0.15, -0.1) is 0 Å². The smallest absolute Gasteiger partial charge is 0.331 e. The topological polar surface area (TPSA) is 66.5 Å². The lowest BCUT2D eigenvalue weighted by molar-refractivity contribution is 0.228. The molecule has 0 unspecified atom stereocenters. The van der Waals surface area contributed by atoms with Gasteiger partial charge in [-0.2, -0.15) is 0 Å². The van der Waals surface area contributed by atoms with Gasteiger partial charge in [0.1, 0.15) is 0 Å². The molecule has 0 radical (unpaired) electrons. The van der Waals surface area contributed by atoms with Crippen molar-refractivity contribution in [2.45, 2.75) is 63.7 Å². The van der Waals surface area contributed by atoms with Gasteiger partial charge in [-0.25, -0.2) is 17.5 Å². The maximum Gasteiger partial charge on any atom is 0.331 e. The molecule has 0 bridgehead atoms. The van der Waals surface area contributed by atoms with Gasteiger partial charge in [0.15, 0.2) is 0 Å². The van der Waals surface area contributed by atoms with E-state index in [0.29, 0.717) is 23.6 Å². The normalized spacial score (nSPS) is 11.4. The zero-order chi connectivity index (χ0) is 18.9. The molecule has 0 spiro atoms. The second kappa shape index (κ2) is 10.7. The fourth-order valence-corrected chi connectivity index (χ4v) is 4.02. The minimum absolute atomic E-state index is 0.154. The van der Waals surface area contributed by atoms with E-state index in [1.807, 2.05) is 6.92 Å². The van der Waals surface area contributed by atoms with Crippen molar-refractivity contribution in [2.24, 2.45) is 0 Å². The highest BCUT2D eigenvalue weighted by Gasteiger charge is 2.27. The first kappa shape index (κ1) is 21.8. The summed E-state index contributed by atoms with van der Waals surface area (Å²) >= 11 is 6.05. The molecule has 1 aromatic rings. The average Bonchev–Trinajstić information content (AvgIpc) is 2.58. The van der Waals surface area contributed by atoms with Crippen LogP contribution in [-0.4, -0.2) is 32.3 Å². The first-order valence-electron chi connectivity index (χ1n) is 8.89. The molecule has 0 aliphatic carbocycles. The Labute approximate surface area is 156 Å². The fraction of sp³-hybridized carbons (Fsp3) is 0.611. The minimum Gasteiger partial charge on any atom is -0.337 e. The number of urea groups is 1. The molecule has 7 heteroatoms. The molecule has 0 saturated heterocycles. The van der Waals surface area contributed by atoms with E-state index < -0.39 is 16.1 Å². The third-order valence-corrected chi connectivity index (χ3v) is 6.10. The molecule has 1 rings (SSSR count). The number of carbonyl (C=O) groups excluding carboxylic acids is 1. The third kappa shape index (κ3) is 6.51. The first-order chi connectivity index (χ1) is 11.8. The maximum absolute atomic E-state index is 12.8. The van der Waals surface area contributed by atoms with Gasteiger partial charge in [-0.05, 0) is 43.0 Å². The summed E-state index contributed by atoms with van der Waals surface area (Å²) in [7, 11) is -2.62. The van der Waals surface area contributed by atoms with Crippen molar-refractivity contribution in [1.29, 1.82) is 0 Å². The van der Waals surface area contributed by atoms with Crippen LogP contribution in [0.2, 0.25) is 5.02 Å². The second-order valence-electron chi connectivity index (χ2n) is 6.12. The summed E-state index contributed by atoms with van der Waals surface area (Å²) in [5.41, 5.74) is 0.666. The van der Waals surface area contributed by atoms with Crippen molar-refractivity contribution in [1.82, 2.24) is 9.62 Å². The van der Waals surface area contributed by atoms with Gasteiger partial charge in [0.05, 0.1) is 4.90 Å². The molecule has 142 valence electrons. The zero-order valence-corrected chi connectivity index (χ0v) is 16.9. The molecule has 1 aromatic carbocycles. The molecule has 0 saturated carbocycles. The molecule has 2 amide bonds. The van der Waals surface area contributed by atoms with Gasteiger partial charge in [0.25, 0.3) is 10.0 Å². The van der Waals surface area contributed by atoms with E-state index in [0.717, 1.165) is 36.4 Å². The highest BCUT2D eigenvalue weighted by molar-refractivity contribution is 7.89. The standard InChI is InChI=1S/C18H29ClN2O3S/c1-4-6-7-8-9-10-15-14-16(19)11-12-17(15)25(23,24)21(3)18(22)20-13-5-2/h11-12,14H,4-10,13H2,1-3H3,(H,20,22). The number of benzene rings is 1. The number of unbranched alkanes of at least 4 members (excludes halogenated alkanes) is 4. The largest absolute Gasteiger partial charge is 0.337 e. The number of aryl methyl sites for hydroxylation is 1. The highest BCUT2D eigenvalue weighted by atomic mass is 35.5. The van der Waals surface area contributed by atoms with Gasteiger partial charge in [0, 0.05) is 18.6 Å². The van der Waals surface area contributed by atoms with Crippen LogP contribution >= 0.6 is 11.6 Å². The van der Waals surface area contributed by atoms with Crippen molar-refractivity contribution < 1.29 is 13.2 Å². The lowest BCUT2D eigenvalue weighted by Crippen LogP contribution is -2.41. The Balaban J connectivity index is 2.96. The predicted molar refractivity (Wildman–Crippen MR) is 103 cm³/mol. The Hall–Kier alpha value is -1.27. The number of halogens is 1. The molecule has 0 aliphatic heterocycles. The van der Waals surface area contributed by atoms with E-state index in [9.17, 15) is 13.2 Å². The maximum atomic E-state index is 12.8. The summed E-state index contributed by atoms with van der Waals surface area (Å²) in [4.78, 5) is 12.2. The molecule has 0 atom stereocenters. The number of nitrogens with zero attached hydrogens (tertiary/aromatic N) is 1. The van der Waals surface area contributed by atoms with E-state index >= 15 is 0 Å². The first-order valence-corrected chi connectivity index (χ1v) is 10.7. The second-order valence-corrected chi connectivity index (χ2v) is 8.49. The lowest BCUT2D eigenvalue weighted by Gasteiger charge is -2.20. The van der Waals surface area contributed by atoms with Crippen LogP contribution < -0.4 is 5.32 Å². The van der Waals surface area contributed by atoms with Gasteiger partial charge in [0.2, 0.25) is 0 Å². The van der Waals surface area contributed by atoms with Crippen LogP contribution in [0.15, 0.2) is 23.1 Å². The lowest BCUT2D eigenvalue weighted by atomic mass is 10.1. The zero-order valence-electron chi connectivity index (χ0n) is 15.3. The monoisotopic (exact) mass is 388 g/mol. The van der Waals surface area contributed by atoms with Crippen LogP contribution in [0, 0.1) is 0 Å². The van der Waals surface area contributed by atoms with Crippen LogP contribution in [0.3, 0.4) is 0 Å². The van der Waals surface area contributed by atoms with Gasteiger partial charge in [-0.1, -0.05) is 51.1 Å². The fourth-order valence-electron chi connectivity index (χ4n) is 2.51. The van der Waals surface area contributed by atoms with Crippen molar-refractivity contribution in [3.8, 4) is 0 Å². The van der Waals surface area contributed by atoms with Crippen molar-refractivity contribution in [3.63, 3.8) is 0 Å². The van der Waals surface area contributed by atoms with Gasteiger partial charge >= 0.3 is 6.03 Å². The Morgan fingerprint density at radius 3 is 2.44 bits per heavy atom. The number of amides is 2. The number of carbonyl (C=O) groups is 1. The molecule has 0 heterocycles. The summed E-state index contributed by atoms with van der Waals surface area (Å²) in [6.45, 7) is 4.50. The van der Waals surface area contributed by atoms with Crippen LogP contribution in [0.25, 0.3) is 0 Å². The minimum atomic E-state index is -3.90. The van der Waals surface area contributed by atoms with Gasteiger partial charge < -0.3 is 5.32 Å². The van der Waals surface area contributed by atoms with E-state index in [-0.39, 0.29) is 4.90 Å². The highest BCUT2D eigenvalue weighted by Crippen LogP contribution is 2.25. The quantitative estimate of drug-likeness (QED) is 0.596. The van der Waals surface area contributed by atoms with Crippen LogP contribution in [-0.2, 0) is 16.4 Å². The summed E-state index contributed by atoms with van der Waals surface area (Å²) in [6.07, 6.45) is 6.79. The predicted octanol–water partition coefficient (Wildman–Crippen LogP) is 4.59. The molecular weight excluding hydrogens is 360 g/mol. The van der Waals surface area contributed by atoms with E-state index in [4.69, 9.17) is 11.6 Å². The number of sulfonamides is 1. The average molecular weight is 389 g/mol. The molecule has 1 N–H and O–H groups in total. The van der Waals surface area contributed by atoms with Crippen LogP contribution in [0.5, 0.6) is 0 Å². The summed E-state index contributed by atoms with van der Waals surface area (Å²) in [6, 6.07) is 4.10. The molecule has 0 aliphatic rings. The van der Waals surface area contributed by atoms with E-state index in [1.54, 1.807) is 12.1 Å². The summed E-state index contributed by atoms with van der Waals surface area (Å²) in [5, 5.41) is 3.09. The van der Waals surface area contributed by atoms with Crippen molar-refractivity contribution in [3.05, 3.63) is 28.8 Å². The van der Waals surface area contributed by atoms with E-state index in [1.165, 1.54) is 19.5 Å². The molecular formula is C18H29ClN2O3S. The van der Waals surface area contributed by atoms with E-state index in [2.05, 4.69) is 12.2 Å². The number of nitrogens with one attached hydrogen (secondary N) is 1. The molecule has 0 aromatic heterocycles. The molecule has 5 nitrogen and oxygen atoms in total. The molecule has 0 fully saturated rings. The third-order valence-electron chi connectivity index (χ3n) is 4.02. The van der Waals surface area contributed by atoms with Gasteiger partial charge in [-0.3, -0.25) is 0 Å². The Morgan fingerprint density at radius 2 is 1.80 bits per heavy atom. The Kier molecular flexibility index (Phi) is 9.28. The number of rotatable bonds is 10. The Morgan fingerprint density at radius 1 is 1.12 bits per heavy atom. The SMILES string of the molecule is CCCCCCCc1cc(Cl)ccc1S(=O)(=O)N(C)C(=O)NCCC.